The lowest BCUT2D eigenvalue weighted by Crippen LogP contribution is -2.20. The molecule has 0 bridgehead atoms. The predicted molar refractivity (Wildman–Crippen MR) is 99.6 cm³/mol. The standard InChI is InChI=1S/C21H24O6/c1-24-18-6-4-14(10-17(18)22)9-16-15(12-27-21(16)23)8-13-5-7-19(25-2)20(11-13)26-3/h4-7,10-11,15-16,22H,8-9,12H2,1-3H3/t15-,16-/m1/s1. The highest BCUT2D eigenvalue weighted by Gasteiger charge is 2.37. The van der Waals surface area contributed by atoms with Crippen molar-refractivity contribution in [1.82, 2.24) is 0 Å². The van der Waals surface area contributed by atoms with E-state index in [0.29, 0.717) is 36.7 Å². The summed E-state index contributed by atoms with van der Waals surface area (Å²) in [4.78, 5) is 12.3. The Balaban J connectivity index is 1.75. The maximum absolute atomic E-state index is 12.3. The SMILES string of the molecule is COc1ccc(C[C@H]2C(=O)OC[C@H]2Cc2ccc(OC)c(OC)c2)cc1O. The monoisotopic (exact) mass is 372 g/mol. The van der Waals surface area contributed by atoms with Crippen molar-refractivity contribution in [3.8, 4) is 23.0 Å². The van der Waals surface area contributed by atoms with Gasteiger partial charge in [0.05, 0.1) is 33.9 Å². The molecule has 1 N–H and O–H groups in total. The molecular weight excluding hydrogens is 348 g/mol. The van der Waals surface area contributed by atoms with Crippen LogP contribution in [0.5, 0.6) is 23.0 Å². The number of benzene rings is 2. The number of phenolic OH excluding ortho intramolecular Hbond substituents is 1. The van der Waals surface area contributed by atoms with E-state index in [4.69, 9.17) is 18.9 Å². The molecule has 0 spiro atoms. The summed E-state index contributed by atoms with van der Waals surface area (Å²) in [5.41, 5.74) is 1.92. The minimum Gasteiger partial charge on any atom is -0.504 e. The van der Waals surface area contributed by atoms with Gasteiger partial charge in [-0.15, -0.1) is 0 Å². The molecule has 0 aliphatic carbocycles. The zero-order chi connectivity index (χ0) is 19.4. The third-order valence-corrected chi connectivity index (χ3v) is 4.96. The minimum atomic E-state index is -0.258. The molecule has 1 saturated heterocycles. The van der Waals surface area contributed by atoms with Gasteiger partial charge in [0.2, 0.25) is 0 Å². The highest BCUT2D eigenvalue weighted by Crippen LogP contribution is 2.34. The summed E-state index contributed by atoms with van der Waals surface area (Å²) in [5, 5.41) is 9.97. The lowest BCUT2D eigenvalue weighted by Gasteiger charge is -2.17. The van der Waals surface area contributed by atoms with E-state index in [9.17, 15) is 9.90 Å². The fraction of sp³-hybridized carbons (Fsp3) is 0.381. The van der Waals surface area contributed by atoms with Gasteiger partial charge in [0.15, 0.2) is 23.0 Å². The van der Waals surface area contributed by atoms with Crippen molar-refractivity contribution in [2.75, 3.05) is 27.9 Å². The molecule has 6 nitrogen and oxygen atoms in total. The highest BCUT2D eigenvalue weighted by atomic mass is 16.5. The molecule has 1 aliphatic rings. The number of esters is 1. The van der Waals surface area contributed by atoms with Crippen LogP contribution in [0.15, 0.2) is 36.4 Å². The van der Waals surface area contributed by atoms with E-state index < -0.39 is 0 Å². The molecular formula is C21H24O6. The summed E-state index contributed by atoms with van der Waals surface area (Å²) < 4.78 is 21.0. The average molecular weight is 372 g/mol. The Labute approximate surface area is 158 Å². The van der Waals surface area contributed by atoms with Gasteiger partial charge < -0.3 is 24.1 Å². The Bertz CT molecular complexity index is 816. The van der Waals surface area contributed by atoms with Crippen LogP contribution in [-0.2, 0) is 22.4 Å². The maximum Gasteiger partial charge on any atom is 0.309 e. The third kappa shape index (κ3) is 4.10. The van der Waals surface area contributed by atoms with Gasteiger partial charge in [0.25, 0.3) is 0 Å². The number of rotatable bonds is 7. The molecule has 0 unspecified atom stereocenters. The van der Waals surface area contributed by atoms with Gasteiger partial charge in [-0.1, -0.05) is 12.1 Å². The summed E-state index contributed by atoms with van der Waals surface area (Å²) in [6, 6.07) is 11.0. The van der Waals surface area contributed by atoms with E-state index in [2.05, 4.69) is 0 Å². The van der Waals surface area contributed by atoms with Gasteiger partial charge in [-0.05, 0) is 48.2 Å². The molecule has 3 rings (SSSR count). The Hall–Kier alpha value is -2.89. The normalized spacial score (nSPS) is 18.9. The van der Waals surface area contributed by atoms with Gasteiger partial charge in [0, 0.05) is 5.92 Å². The smallest absolute Gasteiger partial charge is 0.309 e. The van der Waals surface area contributed by atoms with Crippen LogP contribution < -0.4 is 14.2 Å². The molecule has 6 heteroatoms. The molecule has 2 aromatic rings. The Morgan fingerprint density at radius 3 is 2.19 bits per heavy atom. The average Bonchev–Trinajstić information content (AvgIpc) is 3.01. The van der Waals surface area contributed by atoms with E-state index in [-0.39, 0.29) is 23.6 Å². The van der Waals surface area contributed by atoms with Crippen LogP contribution >= 0.6 is 0 Å². The first-order valence-electron chi connectivity index (χ1n) is 8.79. The molecule has 1 heterocycles. The van der Waals surface area contributed by atoms with Gasteiger partial charge in [0.1, 0.15) is 0 Å². The summed E-state index contributed by atoms with van der Waals surface area (Å²) in [6.45, 7) is 0.389. The quantitative estimate of drug-likeness (QED) is 0.753. The number of hydrogen-bond donors (Lipinski definition) is 1. The second kappa shape index (κ2) is 8.20. The molecule has 27 heavy (non-hydrogen) atoms. The number of carbonyl (C=O) groups excluding carboxylic acids is 1. The number of phenols is 1. The van der Waals surface area contributed by atoms with E-state index in [1.54, 1.807) is 26.4 Å². The number of carbonyl (C=O) groups is 1. The summed E-state index contributed by atoms with van der Waals surface area (Å²) in [5.74, 6) is 1.41. The largest absolute Gasteiger partial charge is 0.504 e. The highest BCUT2D eigenvalue weighted by molar-refractivity contribution is 5.75. The first kappa shape index (κ1) is 18.9. The number of methoxy groups -OCH3 is 3. The van der Waals surface area contributed by atoms with Crippen molar-refractivity contribution >= 4 is 5.97 Å². The molecule has 0 amide bonds. The molecule has 1 aliphatic heterocycles. The topological polar surface area (TPSA) is 74.2 Å². The summed E-state index contributed by atoms with van der Waals surface area (Å²) >= 11 is 0. The van der Waals surface area contributed by atoms with Gasteiger partial charge >= 0.3 is 5.97 Å². The molecule has 144 valence electrons. The minimum absolute atomic E-state index is 0.0554. The number of aromatic hydroxyl groups is 1. The fourth-order valence-corrected chi connectivity index (χ4v) is 3.48. The first-order valence-corrected chi connectivity index (χ1v) is 8.79. The first-order chi connectivity index (χ1) is 13.0. The summed E-state index contributed by atoms with van der Waals surface area (Å²) in [6.07, 6.45) is 1.20. The maximum atomic E-state index is 12.3. The fourth-order valence-electron chi connectivity index (χ4n) is 3.48. The van der Waals surface area contributed by atoms with Crippen molar-refractivity contribution < 1.29 is 28.8 Å². The Morgan fingerprint density at radius 1 is 0.926 bits per heavy atom. The number of hydrogen-bond acceptors (Lipinski definition) is 6. The van der Waals surface area contributed by atoms with Crippen molar-refractivity contribution in [2.45, 2.75) is 12.8 Å². The van der Waals surface area contributed by atoms with Gasteiger partial charge in [-0.3, -0.25) is 4.79 Å². The second-order valence-electron chi connectivity index (χ2n) is 6.60. The van der Waals surface area contributed by atoms with Crippen molar-refractivity contribution in [1.29, 1.82) is 0 Å². The van der Waals surface area contributed by atoms with E-state index in [1.165, 1.54) is 7.11 Å². The Morgan fingerprint density at radius 2 is 1.56 bits per heavy atom. The van der Waals surface area contributed by atoms with Crippen LogP contribution in [0.25, 0.3) is 0 Å². The zero-order valence-corrected chi connectivity index (χ0v) is 15.7. The lowest BCUT2D eigenvalue weighted by molar-refractivity contribution is -0.141. The molecule has 0 aromatic heterocycles. The summed E-state index contributed by atoms with van der Waals surface area (Å²) in [7, 11) is 4.70. The van der Waals surface area contributed by atoms with Crippen LogP contribution in [-0.4, -0.2) is 39.0 Å². The van der Waals surface area contributed by atoms with E-state index in [1.807, 2.05) is 24.3 Å². The van der Waals surface area contributed by atoms with Crippen molar-refractivity contribution in [3.63, 3.8) is 0 Å². The third-order valence-electron chi connectivity index (χ3n) is 4.96. The molecule has 2 aromatic carbocycles. The molecule has 2 atom stereocenters. The second-order valence-corrected chi connectivity index (χ2v) is 6.60. The van der Waals surface area contributed by atoms with Crippen LogP contribution in [0, 0.1) is 11.8 Å². The van der Waals surface area contributed by atoms with Crippen LogP contribution in [0.1, 0.15) is 11.1 Å². The lowest BCUT2D eigenvalue weighted by atomic mass is 9.85. The molecule has 1 fully saturated rings. The zero-order valence-electron chi connectivity index (χ0n) is 15.7. The van der Waals surface area contributed by atoms with Crippen LogP contribution in [0.3, 0.4) is 0 Å². The van der Waals surface area contributed by atoms with Gasteiger partial charge in [-0.25, -0.2) is 0 Å². The van der Waals surface area contributed by atoms with E-state index in [0.717, 1.165) is 11.1 Å². The van der Waals surface area contributed by atoms with E-state index >= 15 is 0 Å². The van der Waals surface area contributed by atoms with Gasteiger partial charge in [-0.2, -0.15) is 0 Å². The predicted octanol–water partition coefficient (Wildman–Crippen LogP) is 2.99. The molecule has 0 saturated carbocycles. The van der Waals surface area contributed by atoms with Crippen molar-refractivity contribution in [2.24, 2.45) is 11.8 Å². The number of cyclic esters (lactones) is 1. The number of ether oxygens (including phenoxy) is 4. The molecule has 0 radical (unpaired) electrons. The van der Waals surface area contributed by atoms with Crippen LogP contribution in [0.4, 0.5) is 0 Å². The van der Waals surface area contributed by atoms with Crippen molar-refractivity contribution in [3.05, 3.63) is 47.5 Å². The Kier molecular flexibility index (Phi) is 5.74. The van der Waals surface area contributed by atoms with Crippen LogP contribution in [0.2, 0.25) is 0 Å².